The Morgan fingerprint density at radius 3 is 2.67 bits per heavy atom. The topological polar surface area (TPSA) is 49.3 Å². The van der Waals surface area contributed by atoms with E-state index in [1.165, 1.54) is 18.2 Å². The second kappa shape index (κ2) is 7.38. The van der Waals surface area contributed by atoms with Gasteiger partial charge in [-0.1, -0.05) is 12.1 Å². The van der Waals surface area contributed by atoms with Crippen molar-refractivity contribution in [2.75, 3.05) is 13.6 Å². The van der Waals surface area contributed by atoms with E-state index in [1.54, 1.807) is 13.2 Å². The molecule has 3 rings (SSSR count). The van der Waals surface area contributed by atoms with Crippen molar-refractivity contribution >= 4 is 5.96 Å². The van der Waals surface area contributed by atoms with Gasteiger partial charge in [0.25, 0.3) is 0 Å². The van der Waals surface area contributed by atoms with E-state index in [0.29, 0.717) is 18.9 Å². The molecular formula is C18H20F2N4. The van der Waals surface area contributed by atoms with Crippen LogP contribution in [0.5, 0.6) is 0 Å². The van der Waals surface area contributed by atoms with Crippen LogP contribution in [0.15, 0.2) is 47.6 Å². The maximum Gasteiger partial charge on any atom is 0.191 e. The third kappa shape index (κ3) is 3.88. The molecular weight excluding hydrogens is 310 g/mol. The molecule has 24 heavy (non-hydrogen) atoms. The average molecular weight is 330 g/mol. The van der Waals surface area contributed by atoms with Crippen LogP contribution < -0.4 is 10.6 Å². The average Bonchev–Trinajstić information content (AvgIpc) is 3.33. The Labute approximate surface area is 140 Å². The molecule has 1 fully saturated rings. The van der Waals surface area contributed by atoms with Crippen molar-refractivity contribution in [3.8, 4) is 0 Å². The fraction of sp³-hybridized carbons (Fsp3) is 0.333. The van der Waals surface area contributed by atoms with E-state index in [0.717, 1.165) is 12.1 Å². The smallest absolute Gasteiger partial charge is 0.191 e. The number of hydrogen-bond donors (Lipinski definition) is 2. The number of pyridine rings is 1. The van der Waals surface area contributed by atoms with Crippen LogP contribution in [0.3, 0.4) is 0 Å². The molecule has 0 bridgehead atoms. The van der Waals surface area contributed by atoms with Gasteiger partial charge in [0, 0.05) is 49.4 Å². The van der Waals surface area contributed by atoms with Crippen LogP contribution >= 0.6 is 0 Å². The van der Waals surface area contributed by atoms with Crippen molar-refractivity contribution in [3.63, 3.8) is 0 Å². The molecule has 0 radical (unpaired) electrons. The normalized spacial score (nSPS) is 19.9. The molecule has 1 saturated carbocycles. The van der Waals surface area contributed by atoms with Crippen LogP contribution in [0.2, 0.25) is 0 Å². The zero-order chi connectivity index (χ0) is 16.9. The lowest BCUT2D eigenvalue weighted by molar-refractivity contribution is 0.553. The highest BCUT2D eigenvalue weighted by Gasteiger charge is 2.42. The standard InChI is InChI=1S/C18H20F2N4/c1-21-18(23-10-8-12-5-2-3-9-22-12)24-16-11-13(16)17-14(19)6-4-7-15(17)20/h2-7,9,13,16H,8,10-11H2,1H3,(H2,21,23,24). The monoisotopic (exact) mass is 330 g/mol. The van der Waals surface area contributed by atoms with E-state index >= 15 is 0 Å². The van der Waals surface area contributed by atoms with E-state index in [4.69, 9.17) is 0 Å². The van der Waals surface area contributed by atoms with Crippen LogP contribution in [0.1, 0.15) is 23.6 Å². The van der Waals surface area contributed by atoms with E-state index in [2.05, 4.69) is 20.6 Å². The molecule has 2 atom stereocenters. The van der Waals surface area contributed by atoms with E-state index in [9.17, 15) is 8.78 Å². The quantitative estimate of drug-likeness (QED) is 0.654. The first-order valence-corrected chi connectivity index (χ1v) is 8.00. The summed E-state index contributed by atoms with van der Waals surface area (Å²) in [5.41, 5.74) is 1.16. The number of halogens is 2. The van der Waals surface area contributed by atoms with Crippen molar-refractivity contribution in [1.82, 2.24) is 15.6 Å². The summed E-state index contributed by atoms with van der Waals surface area (Å²) in [6.45, 7) is 0.683. The highest BCUT2D eigenvalue weighted by molar-refractivity contribution is 5.80. The zero-order valence-corrected chi connectivity index (χ0v) is 13.5. The summed E-state index contributed by atoms with van der Waals surface area (Å²) in [7, 11) is 1.68. The maximum absolute atomic E-state index is 13.8. The SMILES string of the molecule is CN=C(NCCc1ccccn1)NC1CC1c1c(F)cccc1F. The van der Waals surface area contributed by atoms with Gasteiger partial charge in [-0.05, 0) is 30.7 Å². The highest BCUT2D eigenvalue weighted by Crippen LogP contribution is 2.42. The summed E-state index contributed by atoms with van der Waals surface area (Å²) in [6.07, 6.45) is 3.23. The molecule has 6 heteroatoms. The van der Waals surface area contributed by atoms with Crippen LogP contribution in [-0.4, -0.2) is 30.6 Å². The van der Waals surface area contributed by atoms with Gasteiger partial charge < -0.3 is 10.6 Å². The molecule has 4 nitrogen and oxygen atoms in total. The van der Waals surface area contributed by atoms with Gasteiger partial charge in [-0.3, -0.25) is 9.98 Å². The van der Waals surface area contributed by atoms with Gasteiger partial charge >= 0.3 is 0 Å². The molecule has 0 amide bonds. The van der Waals surface area contributed by atoms with Gasteiger partial charge in [-0.15, -0.1) is 0 Å². The van der Waals surface area contributed by atoms with Gasteiger partial charge in [0.1, 0.15) is 11.6 Å². The van der Waals surface area contributed by atoms with Gasteiger partial charge in [-0.2, -0.15) is 0 Å². The second-order valence-electron chi connectivity index (χ2n) is 5.80. The van der Waals surface area contributed by atoms with Crippen molar-refractivity contribution in [2.24, 2.45) is 4.99 Å². The lowest BCUT2D eigenvalue weighted by Crippen LogP contribution is -2.40. The number of nitrogens with one attached hydrogen (secondary N) is 2. The Morgan fingerprint density at radius 1 is 1.21 bits per heavy atom. The molecule has 2 unspecified atom stereocenters. The summed E-state index contributed by atoms with van der Waals surface area (Å²) < 4.78 is 27.6. The lowest BCUT2D eigenvalue weighted by atomic mass is 10.1. The highest BCUT2D eigenvalue weighted by atomic mass is 19.1. The van der Waals surface area contributed by atoms with Gasteiger partial charge in [0.15, 0.2) is 5.96 Å². The summed E-state index contributed by atoms with van der Waals surface area (Å²) in [4.78, 5) is 8.42. The van der Waals surface area contributed by atoms with Crippen LogP contribution in [0.25, 0.3) is 0 Å². The molecule has 0 aliphatic heterocycles. The first-order chi connectivity index (χ1) is 11.7. The Morgan fingerprint density at radius 2 is 2.00 bits per heavy atom. The number of benzene rings is 1. The minimum Gasteiger partial charge on any atom is -0.356 e. The van der Waals surface area contributed by atoms with E-state index in [-0.39, 0.29) is 17.5 Å². The third-order valence-electron chi connectivity index (χ3n) is 4.11. The molecule has 0 saturated heterocycles. The maximum atomic E-state index is 13.8. The van der Waals surface area contributed by atoms with Crippen LogP contribution in [0, 0.1) is 11.6 Å². The Balaban J connectivity index is 1.50. The second-order valence-corrected chi connectivity index (χ2v) is 5.80. The molecule has 1 aliphatic rings. The number of aromatic nitrogens is 1. The molecule has 1 aliphatic carbocycles. The number of rotatable bonds is 5. The van der Waals surface area contributed by atoms with Crippen LogP contribution in [0.4, 0.5) is 8.78 Å². The molecule has 126 valence electrons. The lowest BCUT2D eigenvalue weighted by Gasteiger charge is -2.12. The summed E-state index contributed by atoms with van der Waals surface area (Å²) in [6, 6.07) is 9.78. The fourth-order valence-electron chi connectivity index (χ4n) is 2.76. The molecule has 2 N–H and O–H groups in total. The molecule has 1 aromatic carbocycles. The van der Waals surface area contributed by atoms with Gasteiger partial charge in [-0.25, -0.2) is 8.78 Å². The minimum absolute atomic E-state index is 0.00236. The van der Waals surface area contributed by atoms with Crippen LogP contribution in [-0.2, 0) is 6.42 Å². The number of aliphatic imine (C=N–C) groups is 1. The van der Waals surface area contributed by atoms with Gasteiger partial charge in [0.05, 0.1) is 0 Å². The van der Waals surface area contributed by atoms with E-state index < -0.39 is 11.6 Å². The first kappa shape index (κ1) is 16.4. The molecule has 1 aromatic heterocycles. The summed E-state index contributed by atoms with van der Waals surface area (Å²) in [5, 5.41) is 6.42. The number of guanidine groups is 1. The molecule has 0 spiro atoms. The molecule has 1 heterocycles. The summed E-state index contributed by atoms with van der Waals surface area (Å²) >= 11 is 0. The summed E-state index contributed by atoms with van der Waals surface area (Å²) in [5.74, 6) is -0.486. The predicted octanol–water partition coefficient (Wildman–Crippen LogP) is 2.62. The molecule has 2 aromatic rings. The minimum atomic E-state index is -0.484. The largest absolute Gasteiger partial charge is 0.356 e. The van der Waals surface area contributed by atoms with Crippen molar-refractivity contribution in [2.45, 2.75) is 24.8 Å². The van der Waals surface area contributed by atoms with Crippen molar-refractivity contribution in [1.29, 1.82) is 0 Å². The Hall–Kier alpha value is -2.50. The van der Waals surface area contributed by atoms with Crippen molar-refractivity contribution < 1.29 is 8.78 Å². The van der Waals surface area contributed by atoms with E-state index in [1.807, 2.05) is 18.2 Å². The Kier molecular flexibility index (Phi) is 5.03. The van der Waals surface area contributed by atoms with Gasteiger partial charge in [0.2, 0.25) is 0 Å². The zero-order valence-electron chi connectivity index (χ0n) is 13.5. The predicted molar refractivity (Wildman–Crippen MR) is 89.9 cm³/mol. The number of hydrogen-bond acceptors (Lipinski definition) is 2. The number of nitrogens with zero attached hydrogens (tertiary/aromatic N) is 2. The fourth-order valence-corrected chi connectivity index (χ4v) is 2.76. The first-order valence-electron chi connectivity index (χ1n) is 8.00. The van der Waals surface area contributed by atoms with Crippen molar-refractivity contribution in [3.05, 3.63) is 65.5 Å². The third-order valence-corrected chi connectivity index (χ3v) is 4.11. The Bertz CT molecular complexity index is 698.